The second-order valence-corrected chi connectivity index (χ2v) is 13.9. The number of hydrogen-bond donors (Lipinski definition) is 3. The van der Waals surface area contributed by atoms with Crippen LogP contribution in [0.4, 0.5) is 4.79 Å². The number of carbonyl (C=O) groups is 4. The first-order valence-corrected chi connectivity index (χ1v) is 15.0. The normalized spacial score (nSPS) is 24.6. The van der Waals surface area contributed by atoms with Gasteiger partial charge in [-0.1, -0.05) is 6.07 Å². The van der Waals surface area contributed by atoms with Crippen molar-refractivity contribution < 1.29 is 43.2 Å². The molecule has 11 nitrogen and oxygen atoms in total. The predicted molar refractivity (Wildman–Crippen MR) is 155 cm³/mol. The second-order valence-electron chi connectivity index (χ2n) is 13.9. The Labute approximate surface area is 251 Å². The Morgan fingerprint density at radius 1 is 1.09 bits per heavy atom. The average Bonchev–Trinajstić information content (AvgIpc) is 3.61. The molecule has 1 amide bonds. The Bertz CT molecular complexity index is 1350. The Morgan fingerprint density at radius 3 is 2.44 bits per heavy atom. The van der Waals surface area contributed by atoms with Crippen LogP contribution >= 0.6 is 0 Å². The van der Waals surface area contributed by atoms with Crippen molar-refractivity contribution in [2.24, 2.45) is 5.92 Å². The Kier molecular flexibility index (Phi) is 8.00. The molecule has 4 atom stereocenters. The van der Waals surface area contributed by atoms with Gasteiger partial charge in [0, 0.05) is 30.6 Å². The first-order valence-electron chi connectivity index (χ1n) is 15.0. The van der Waals surface area contributed by atoms with E-state index in [2.05, 4.69) is 10.6 Å². The van der Waals surface area contributed by atoms with Gasteiger partial charge in [-0.2, -0.15) is 0 Å². The van der Waals surface area contributed by atoms with Gasteiger partial charge in [0.2, 0.25) is 0 Å². The zero-order valence-electron chi connectivity index (χ0n) is 25.7. The Balaban J connectivity index is 1.32. The average molecular weight is 599 g/mol. The van der Waals surface area contributed by atoms with Crippen molar-refractivity contribution in [2.75, 3.05) is 6.54 Å². The molecular formula is C32H42N2O9. The molecule has 3 aliphatic carbocycles. The molecule has 1 heterocycles. The summed E-state index contributed by atoms with van der Waals surface area (Å²) in [7, 11) is 0. The molecule has 0 spiro atoms. The molecule has 1 aromatic carbocycles. The minimum absolute atomic E-state index is 0.101. The lowest BCUT2D eigenvalue weighted by Gasteiger charge is -2.44. The van der Waals surface area contributed by atoms with Gasteiger partial charge in [0.25, 0.3) is 0 Å². The summed E-state index contributed by atoms with van der Waals surface area (Å²) in [6.45, 7) is 11.0. The van der Waals surface area contributed by atoms with Crippen LogP contribution in [0.1, 0.15) is 97.1 Å². The van der Waals surface area contributed by atoms with Gasteiger partial charge in [0.05, 0.1) is 5.92 Å². The van der Waals surface area contributed by atoms with Crippen LogP contribution in [0, 0.1) is 5.92 Å². The van der Waals surface area contributed by atoms with E-state index in [9.17, 15) is 24.3 Å². The molecule has 5 rings (SSSR count). The van der Waals surface area contributed by atoms with Gasteiger partial charge >= 0.3 is 18.0 Å². The van der Waals surface area contributed by atoms with Gasteiger partial charge < -0.3 is 34.7 Å². The summed E-state index contributed by atoms with van der Waals surface area (Å²) >= 11 is 0. The summed E-state index contributed by atoms with van der Waals surface area (Å²) in [5.74, 6) is -1.11. The maximum absolute atomic E-state index is 13.0. The van der Waals surface area contributed by atoms with Gasteiger partial charge in [-0.3, -0.25) is 9.59 Å². The quantitative estimate of drug-likeness (QED) is 0.282. The van der Waals surface area contributed by atoms with Crippen molar-refractivity contribution in [2.45, 2.75) is 115 Å². The van der Waals surface area contributed by atoms with Crippen LogP contribution in [0.25, 0.3) is 6.08 Å². The van der Waals surface area contributed by atoms with Crippen LogP contribution in [0.15, 0.2) is 17.8 Å². The Hall–Kier alpha value is -3.60. The number of carbonyl (C=O) groups excluding carboxylic acids is 4. The number of hydrogen-bond acceptors (Lipinski definition) is 10. The number of esters is 2. The highest BCUT2D eigenvalue weighted by Crippen LogP contribution is 2.58. The van der Waals surface area contributed by atoms with Crippen LogP contribution in [0.2, 0.25) is 0 Å². The molecule has 43 heavy (non-hydrogen) atoms. The first-order chi connectivity index (χ1) is 20.0. The van der Waals surface area contributed by atoms with E-state index < -0.39 is 52.9 Å². The predicted octanol–water partition coefficient (Wildman–Crippen LogP) is 3.90. The summed E-state index contributed by atoms with van der Waals surface area (Å²) in [6.07, 6.45) is 2.65. The molecule has 4 aliphatic rings. The van der Waals surface area contributed by atoms with Gasteiger partial charge in [-0.15, -0.1) is 0 Å². The smallest absolute Gasteiger partial charge is 0.408 e. The number of alkyl carbamates (subject to hydrolysis) is 1. The lowest BCUT2D eigenvalue weighted by Crippen LogP contribution is -2.54. The van der Waals surface area contributed by atoms with Gasteiger partial charge in [0.1, 0.15) is 22.8 Å². The third-order valence-corrected chi connectivity index (χ3v) is 7.92. The monoisotopic (exact) mass is 598 g/mol. The highest BCUT2D eigenvalue weighted by Gasteiger charge is 2.59. The lowest BCUT2D eigenvalue weighted by atomic mass is 9.65. The fraction of sp³-hybridized carbons (Fsp3) is 0.625. The highest BCUT2D eigenvalue weighted by molar-refractivity contribution is 5.90. The summed E-state index contributed by atoms with van der Waals surface area (Å²) < 4.78 is 22.5. The molecule has 3 N–H and O–H groups in total. The van der Waals surface area contributed by atoms with Crippen LogP contribution in [0.3, 0.4) is 0 Å². The van der Waals surface area contributed by atoms with Crippen molar-refractivity contribution in [1.82, 2.24) is 10.6 Å². The standard InChI is InChI=1S/C32H42N2O9/c1-30(2,3)42-28(37)19(34-29(38)43-31(4,5)6)10-12-23(36)40-21-11-9-18-15-22(33-16-17-7-8-17)32(39)14-13-20(35)26-25(32)24(18)27(21)41-26/h9,11,15,17,19,25-26,33,39H,7-8,10,12-14,16H2,1-6H3,(H,34,38)/t19-,25?,26?,32+/m0/s1. The van der Waals surface area contributed by atoms with Crippen LogP contribution < -0.4 is 20.1 Å². The largest absolute Gasteiger partial charge is 0.478 e. The van der Waals surface area contributed by atoms with E-state index >= 15 is 0 Å². The number of amides is 1. The summed E-state index contributed by atoms with van der Waals surface area (Å²) in [4.78, 5) is 51.2. The molecule has 2 saturated carbocycles. The van der Waals surface area contributed by atoms with E-state index in [-0.39, 0.29) is 43.0 Å². The molecule has 0 bridgehead atoms. The topological polar surface area (TPSA) is 149 Å². The molecule has 0 aromatic heterocycles. The van der Waals surface area contributed by atoms with Crippen molar-refractivity contribution in [3.05, 3.63) is 29.0 Å². The van der Waals surface area contributed by atoms with E-state index in [1.54, 1.807) is 53.7 Å². The molecule has 1 aliphatic heterocycles. The molecule has 2 fully saturated rings. The molecule has 234 valence electrons. The minimum Gasteiger partial charge on any atom is -0.478 e. The summed E-state index contributed by atoms with van der Waals surface area (Å²) in [5, 5.41) is 17.8. The number of Topliss-reactive ketones (excluding diaryl/α,β-unsaturated/α-hetero) is 1. The second kappa shape index (κ2) is 11.2. The highest BCUT2D eigenvalue weighted by atomic mass is 16.6. The van der Waals surface area contributed by atoms with Crippen LogP contribution in [0.5, 0.6) is 11.5 Å². The summed E-state index contributed by atoms with van der Waals surface area (Å²) in [5.41, 5.74) is -0.741. The molecular weight excluding hydrogens is 556 g/mol. The molecule has 11 heteroatoms. The molecule has 0 saturated heterocycles. The van der Waals surface area contributed by atoms with E-state index in [1.165, 1.54) is 0 Å². The lowest BCUT2D eigenvalue weighted by molar-refractivity contribution is -0.157. The molecule has 2 unspecified atom stereocenters. The fourth-order valence-electron chi connectivity index (χ4n) is 5.81. The maximum Gasteiger partial charge on any atom is 0.408 e. The van der Waals surface area contributed by atoms with E-state index in [4.69, 9.17) is 18.9 Å². The van der Waals surface area contributed by atoms with Crippen LogP contribution in [-0.4, -0.2) is 64.4 Å². The first kappa shape index (κ1) is 30.8. The fourth-order valence-corrected chi connectivity index (χ4v) is 5.81. The number of rotatable bonds is 9. The van der Waals surface area contributed by atoms with Crippen LogP contribution in [-0.2, 0) is 23.9 Å². The van der Waals surface area contributed by atoms with Crippen molar-refractivity contribution >= 4 is 29.9 Å². The van der Waals surface area contributed by atoms with Gasteiger partial charge in [0.15, 0.2) is 23.4 Å². The molecule has 1 aromatic rings. The number of benzene rings is 1. The summed E-state index contributed by atoms with van der Waals surface area (Å²) in [6, 6.07) is 2.24. The van der Waals surface area contributed by atoms with Gasteiger partial charge in [-0.25, -0.2) is 9.59 Å². The van der Waals surface area contributed by atoms with Crippen molar-refractivity contribution in [3.8, 4) is 11.5 Å². The number of nitrogens with one attached hydrogen (secondary N) is 2. The number of aliphatic hydroxyl groups is 1. The van der Waals surface area contributed by atoms with E-state index in [0.29, 0.717) is 17.2 Å². The van der Waals surface area contributed by atoms with E-state index in [1.807, 2.05) is 6.08 Å². The zero-order valence-corrected chi connectivity index (χ0v) is 25.7. The van der Waals surface area contributed by atoms with Crippen molar-refractivity contribution in [1.29, 1.82) is 0 Å². The third-order valence-electron chi connectivity index (χ3n) is 7.92. The zero-order chi connectivity index (χ0) is 31.3. The van der Waals surface area contributed by atoms with Crippen molar-refractivity contribution in [3.63, 3.8) is 0 Å². The minimum atomic E-state index is -1.29. The third kappa shape index (κ3) is 6.82. The number of ketones is 1. The van der Waals surface area contributed by atoms with Gasteiger partial charge in [-0.05, 0) is 90.8 Å². The molecule has 0 radical (unpaired) electrons. The van der Waals surface area contributed by atoms with E-state index in [0.717, 1.165) is 24.9 Å². The SMILES string of the molecule is CC(C)(C)OC(=O)N[C@@H](CCC(=O)Oc1ccc2c3c1OC1C(=O)CC[C@@](O)(C(NCC4CC4)=C2)C31)C(=O)OC(C)(C)C. The number of ether oxygens (including phenoxy) is 4. The Morgan fingerprint density at radius 2 is 1.79 bits per heavy atom. The maximum atomic E-state index is 13.0.